The fraction of sp³-hybridized carbons (Fsp3) is 0.750. The molecule has 3 nitrogen and oxygen atoms in total. The molecule has 4 heteroatoms. The average Bonchev–Trinajstić information content (AvgIpc) is 2.68. The summed E-state index contributed by atoms with van der Waals surface area (Å²) in [4.78, 5) is 0.599. The third-order valence-corrected chi connectivity index (χ3v) is 3.64. The molecule has 0 spiro atoms. The Morgan fingerprint density at radius 3 is 2.75 bits per heavy atom. The second-order valence-corrected chi connectivity index (χ2v) is 5.19. The quantitative estimate of drug-likeness (QED) is 0.719. The van der Waals surface area contributed by atoms with Gasteiger partial charge in [0, 0.05) is 11.4 Å². The average molecular weight is 289 g/mol. The molecule has 0 aromatic carbocycles. The van der Waals surface area contributed by atoms with Crippen LogP contribution in [-0.4, -0.2) is 21.7 Å². The molecule has 1 aromatic rings. The molecule has 0 bridgehead atoms. The summed E-state index contributed by atoms with van der Waals surface area (Å²) in [6.45, 7) is 5.22. The van der Waals surface area contributed by atoms with Gasteiger partial charge in [-0.05, 0) is 26.2 Å². The number of rotatable bonds is 7. The van der Waals surface area contributed by atoms with E-state index in [1.807, 2.05) is 10.9 Å². The molecule has 0 aliphatic rings. The molecule has 0 radical (unpaired) electrons. The van der Waals surface area contributed by atoms with Crippen molar-refractivity contribution in [2.24, 2.45) is 0 Å². The largest absolute Gasteiger partial charge is 0.493 e. The van der Waals surface area contributed by atoms with E-state index in [9.17, 15) is 0 Å². The molecule has 0 fully saturated rings. The Morgan fingerprint density at radius 1 is 1.44 bits per heavy atom. The lowest BCUT2D eigenvalue weighted by Gasteiger charge is -2.10. The SMILES string of the molecule is CCCC(Br)CCc1c(OC)cnn1CC. The van der Waals surface area contributed by atoms with Crippen molar-refractivity contribution in [1.82, 2.24) is 9.78 Å². The third-order valence-electron chi connectivity index (χ3n) is 2.73. The van der Waals surface area contributed by atoms with Crippen molar-refractivity contribution in [2.75, 3.05) is 7.11 Å². The lowest BCUT2D eigenvalue weighted by atomic mass is 10.1. The van der Waals surface area contributed by atoms with Gasteiger partial charge in [-0.1, -0.05) is 29.3 Å². The molecule has 92 valence electrons. The van der Waals surface area contributed by atoms with Crippen molar-refractivity contribution in [3.8, 4) is 5.75 Å². The van der Waals surface area contributed by atoms with Gasteiger partial charge in [-0.25, -0.2) is 0 Å². The van der Waals surface area contributed by atoms with Crippen LogP contribution in [0.3, 0.4) is 0 Å². The second kappa shape index (κ2) is 6.94. The summed E-state index contributed by atoms with van der Waals surface area (Å²) in [6.07, 6.45) is 6.41. The number of methoxy groups -OCH3 is 1. The highest BCUT2D eigenvalue weighted by molar-refractivity contribution is 9.09. The number of alkyl halides is 1. The molecule has 0 aliphatic heterocycles. The molecular formula is C12H21BrN2O. The van der Waals surface area contributed by atoms with Crippen molar-refractivity contribution in [1.29, 1.82) is 0 Å². The summed E-state index contributed by atoms with van der Waals surface area (Å²) in [5.74, 6) is 0.915. The summed E-state index contributed by atoms with van der Waals surface area (Å²) >= 11 is 3.71. The number of hydrogen-bond acceptors (Lipinski definition) is 2. The number of aryl methyl sites for hydroxylation is 1. The minimum atomic E-state index is 0.599. The van der Waals surface area contributed by atoms with Crippen LogP contribution in [0.15, 0.2) is 6.20 Å². The first-order valence-electron chi connectivity index (χ1n) is 5.95. The summed E-state index contributed by atoms with van der Waals surface area (Å²) in [5, 5.41) is 4.31. The van der Waals surface area contributed by atoms with Gasteiger partial charge in [-0.2, -0.15) is 5.10 Å². The zero-order valence-corrected chi connectivity index (χ0v) is 12.0. The summed E-state index contributed by atoms with van der Waals surface area (Å²) in [5.41, 5.74) is 1.21. The Hall–Kier alpha value is -0.510. The minimum Gasteiger partial charge on any atom is -0.493 e. The first kappa shape index (κ1) is 13.6. The van der Waals surface area contributed by atoms with E-state index in [0.717, 1.165) is 25.1 Å². The molecule has 0 N–H and O–H groups in total. The standard InChI is InChI=1S/C12H21BrN2O/c1-4-6-10(13)7-8-11-12(16-3)9-14-15(11)5-2/h9-10H,4-8H2,1-3H3. The van der Waals surface area contributed by atoms with Crippen LogP contribution in [-0.2, 0) is 13.0 Å². The molecule has 1 heterocycles. The first-order chi connectivity index (χ1) is 7.72. The molecular weight excluding hydrogens is 268 g/mol. The van der Waals surface area contributed by atoms with Gasteiger partial charge in [0.2, 0.25) is 0 Å². The van der Waals surface area contributed by atoms with Gasteiger partial charge in [0.25, 0.3) is 0 Å². The Bertz CT molecular complexity index is 290. The van der Waals surface area contributed by atoms with Crippen LogP contribution >= 0.6 is 15.9 Å². The first-order valence-corrected chi connectivity index (χ1v) is 6.87. The van der Waals surface area contributed by atoms with E-state index in [4.69, 9.17) is 4.74 Å². The highest BCUT2D eigenvalue weighted by Crippen LogP contribution is 2.22. The molecule has 1 unspecified atom stereocenters. The zero-order valence-electron chi connectivity index (χ0n) is 10.4. The molecule has 0 saturated carbocycles. The van der Waals surface area contributed by atoms with E-state index in [2.05, 4.69) is 34.9 Å². The normalized spacial score (nSPS) is 12.8. The maximum Gasteiger partial charge on any atom is 0.159 e. The summed E-state index contributed by atoms with van der Waals surface area (Å²) < 4.78 is 7.34. The summed E-state index contributed by atoms with van der Waals surface area (Å²) in [6, 6.07) is 0. The number of ether oxygens (including phenoxy) is 1. The molecule has 1 atom stereocenters. The second-order valence-electron chi connectivity index (χ2n) is 3.90. The van der Waals surface area contributed by atoms with E-state index in [0.29, 0.717) is 4.83 Å². The van der Waals surface area contributed by atoms with Crippen LogP contribution in [0.4, 0.5) is 0 Å². The Morgan fingerprint density at radius 2 is 2.19 bits per heavy atom. The van der Waals surface area contributed by atoms with Crippen molar-refractivity contribution >= 4 is 15.9 Å². The maximum absolute atomic E-state index is 5.32. The predicted molar refractivity (Wildman–Crippen MR) is 70.4 cm³/mol. The summed E-state index contributed by atoms with van der Waals surface area (Å²) in [7, 11) is 1.71. The minimum absolute atomic E-state index is 0.599. The maximum atomic E-state index is 5.32. The topological polar surface area (TPSA) is 27.1 Å². The van der Waals surface area contributed by atoms with Gasteiger partial charge in [0.05, 0.1) is 19.0 Å². The van der Waals surface area contributed by atoms with Crippen LogP contribution in [0, 0.1) is 0 Å². The van der Waals surface area contributed by atoms with E-state index in [1.165, 1.54) is 18.5 Å². The monoisotopic (exact) mass is 288 g/mol. The Kier molecular flexibility index (Phi) is 5.88. The molecule has 16 heavy (non-hydrogen) atoms. The zero-order chi connectivity index (χ0) is 12.0. The van der Waals surface area contributed by atoms with Crippen LogP contribution in [0.2, 0.25) is 0 Å². The molecule has 0 amide bonds. The lowest BCUT2D eigenvalue weighted by Crippen LogP contribution is -2.07. The van der Waals surface area contributed by atoms with Crippen LogP contribution in [0.1, 0.15) is 38.8 Å². The molecule has 1 aromatic heterocycles. The van der Waals surface area contributed by atoms with Gasteiger partial charge in [-0.15, -0.1) is 0 Å². The van der Waals surface area contributed by atoms with E-state index < -0.39 is 0 Å². The van der Waals surface area contributed by atoms with Gasteiger partial charge < -0.3 is 4.74 Å². The van der Waals surface area contributed by atoms with Gasteiger partial charge >= 0.3 is 0 Å². The van der Waals surface area contributed by atoms with E-state index in [1.54, 1.807) is 7.11 Å². The van der Waals surface area contributed by atoms with Crippen molar-refractivity contribution in [2.45, 2.75) is 50.9 Å². The van der Waals surface area contributed by atoms with E-state index >= 15 is 0 Å². The van der Waals surface area contributed by atoms with Crippen molar-refractivity contribution in [3.05, 3.63) is 11.9 Å². The Balaban J connectivity index is 2.60. The number of nitrogens with zero attached hydrogens (tertiary/aromatic N) is 2. The molecule has 1 rings (SSSR count). The molecule has 0 saturated heterocycles. The highest BCUT2D eigenvalue weighted by Gasteiger charge is 2.12. The number of halogens is 1. The predicted octanol–water partition coefficient (Wildman–Crippen LogP) is 3.41. The molecule has 0 aliphatic carbocycles. The third kappa shape index (κ3) is 3.51. The smallest absolute Gasteiger partial charge is 0.159 e. The highest BCUT2D eigenvalue weighted by atomic mass is 79.9. The van der Waals surface area contributed by atoms with Crippen LogP contribution in [0.5, 0.6) is 5.75 Å². The number of aromatic nitrogens is 2. The Labute approximate surface area is 106 Å². The van der Waals surface area contributed by atoms with Gasteiger partial charge in [0.1, 0.15) is 0 Å². The lowest BCUT2D eigenvalue weighted by molar-refractivity contribution is 0.406. The van der Waals surface area contributed by atoms with Crippen molar-refractivity contribution < 1.29 is 4.74 Å². The van der Waals surface area contributed by atoms with Gasteiger partial charge in [-0.3, -0.25) is 4.68 Å². The van der Waals surface area contributed by atoms with Gasteiger partial charge in [0.15, 0.2) is 5.75 Å². The van der Waals surface area contributed by atoms with Crippen molar-refractivity contribution in [3.63, 3.8) is 0 Å². The fourth-order valence-corrected chi connectivity index (χ4v) is 2.53. The number of hydrogen-bond donors (Lipinski definition) is 0. The van der Waals surface area contributed by atoms with E-state index in [-0.39, 0.29) is 0 Å². The fourth-order valence-electron chi connectivity index (χ4n) is 1.84. The van der Waals surface area contributed by atoms with Crippen LogP contribution in [0.25, 0.3) is 0 Å². The van der Waals surface area contributed by atoms with Crippen LogP contribution < -0.4 is 4.74 Å².